The number of hydrogen-bond donors (Lipinski definition) is 0. The lowest BCUT2D eigenvalue weighted by Gasteiger charge is -2.13. The van der Waals surface area contributed by atoms with Crippen LogP contribution < -0.4 is 0 Å². The molecule has 92 valence electrons. The molecule has 0 N–H and O–H groups in total. The van der Waals surface area contributed by atoms with E-state index < -0.39 is 0 Å². The lowest BCUT2D eigenvalue weighted by atomic mass is 9.91. The van der Waals surface area contributed by atoms with Crippen molar-refractivity contribution >= 4 is 29.6 Å². The molecule has 2 unspecified atom stereocenters. The molecule has 1 aromatic rings. The van der Waals surface area contributed by atoms with Crippen LogP contribution in [0.4, 0.5) is 5.69 Å². The molecule has 2 aliphatic rings. The number of rotatable bonds is 3. The summed E-state index contributed by atoms with van der Waals surface area (Å²) in [5, 5.41) is 0.296. The summed E-state index contributed by atoms with van der Waals surface area (Å²) in [6.07, 6.45) is 8.92. The second kappa shape index (κ2) is 4.48. The number of fused-ring (bicyclic) bond motifs is 1. The van der Waals surface area contributed by atoms with Crippen LogP contribution in [0.3, 0.4) is 0 Å². The molecule has 1 aliphatic heterocycles. The quantitative estimate of drug-likeness (QED) is 0.481. The van der Waals surface area contributed by atoms with Crippen LogP contribution in [0.2, 0.25) is 0 Å². The van der Waals surface area contributed by atoms with Crippen molar-refractivity contribution in [1.82, 2.24) is 0 Å². The maximum atomic E-state index is 10.2. The highest BCUT2D eigenvalue weighted by Gasteiger charge is 2.55. The van der Waals surface area contributed by atoms with Gasteiger partial charge in [0.25, 0.3) is 0 Å². The largest absolute Gasteiger partial charge is 0.240 e. The van der Waals surface area contributed by atoms with Crippen molar-refractivity contribution < 1.29 is 9.59 Å². The summed E-state index contributed by atoms with van der Waals surface area (Å²) < 4.78 is -0.0642. The van der Waals surface area contributed by atoms with Gasteiger partial charge in [0.05, 0.1) is 16.1 Å². The molecular weight excluding hydrogens is 260 g/mol. The van der Waals surface area contributed by atoms with Crippen molar-refractivity contribution in [1.29, 1.82) is 0 Å². The lowest BCUT2D eigenvalue weighted by Crippen LogP contribution is -2.10. The van der Waals surface area contributed by atoms with Gasteiger partial charge in [0, 0.05) is 5.25 Å². The number of aliphatic imine (C=N–C) groups is 2. The fraction of sp³-hybridized carbons (Fsp3) is 0.143. The van der Waals surface area contributed by atoms with E-state index in [-0.39, 0.29) is 4.75 Å². The van der Waals surface area contributed by atoms with Gasteiger partial charge in [0.2, 0.25) is 12.2 Å². The van der Waals surface area contributed by atoms with Crippen molar-refractivity contribution in [3.63, 3.8) is 0 Å². The Morgan fingerprint density at radius 3 is 2.47 bits per heavy atom. The molecule has 1 aromatic carbocycles. The summed E-state index contributed by atoms with van der Waals surface area (Å²) in [4.78, 5) is 27.6. The number of benzene rings is 1. The average Bonchev–Trinajstić information content (AvgIpc) is 3.15. The molecule has 0 aromatic heterocycles. The first-order valence-corrected chi connectivity index (χ1v) is 6.51. The van der Waals surface area contributed by atoms with E-state index in [4.69, 9.17) is 0 Å². The first-order chi connectivity index (χ1) is 9.28. The van der Waals surface area contributed by atoms with E-state index in [9.17, 15) is 9.59 Å². The molecule has 1 saturated heterocycles. The molecule has 2 atom stereocenters. The molecule has 0 amide bonds. The summed E-state index contributed by atoms with van der Waals surface area (Å²) >= 11 is 1.79. The fourth-order valence-corrected chi connectivity index (χ4v) is 3.45. The van der Waals surface area contributed by atoms with E-state index in [0.29, 0.717) is 16.6 Å². The molecule has 1 fully saturated rings. The number of carbonyl (C=O) groups excluding carboxylic acids is 2. The number of hydrogen-bond acceptors (Lipinski definition) is 5. The van der Waals surface area contributed by atoms with Gasteiger partial charge >= 0.3 is 0 Å². The average molecular weight is 268 g/mol. The molecule has 1 heterocycles. The minimum absolute atomic E-state index is 0.0642. The summed E-state index contributed by atoms with van der Waals surface area (Å²) in [6.45, 7) is 0. The third-order valence-corrected chi connectivity index (χ3v) is 4.70. The summed E-state index contributed by atoms with van der Waals surface area (Å²) in [6, 6.07) is 7.49. The van der Waals surface area contributed by atoms with Gasteiger partial charge in [0.1, 0.15) is 0 Å². The molecule has 4 nitrogen and oxygen atoms in total. The maximum Gasteiger partial charge on any atom is 0.240 e. The minimum atomic E-state index is -0.0642. The zero-order valence-electron chi connectivity index (χ0n) is 9.74. The Balaban J connectivity index is 1.88. The number of thioether (sulfide) groups is 1. The van der Waals surface area contributed by atoms with Gasteiger partial charge in [-0.15, -0.1) is 11.8 Å². The maximum absolute atomic E-state index is 10.2. The zero-order valence-corrected chi connectivity index (χ0v) is 10.6. The van der Waals surface area contributed by atoms with Gasteiger partial charge in [-0.1, -0.05) is 18.2 Å². The highest BCUT2D eigenvalue weighted by molar-refractivity contribution is 8.08. The predicted molar refractivity (Wildman–Crippen MR) is 72.6 cm³/mol. The van der Waals surface area contributed by atoms with E-state index in [2.05, 4.69) is 16.1 Å². The normalized spacial score (nSPS) is 26.5. The zero-order chi connectivity index (χ0) is 13.3. The first-order valence-electron chi connectivity index (χ1n) is 5.64. The lowest BCUT2D eigenvalue weighted by molar-refractivity contribution is 0.564. The monoisotopic (exact) mass is 268 g/mol. The Hall–Kier alpha value is -2.19. The highest BCUT2D eigenvalue weighted by Crippen LogP contribution is 2.64. The third kappa shape index (κ3) is 2.00. The van der Waals surface area contributed by atoms with Crippen LogP contribution >= 0.6 is 11.8 Å². The smallest absolute Gasteiger partial charge is 0.211 e. The van der Waals surface area contributed by atoms with E-state index in [1.165, 1.54) is 6.08 Å². The molecule has 5 heteroatoms. The molecule has 0 saturated carbocycles. The molecule has 3 rings (SSSR count). The Labute approximate surface area is 113 Å². The second-order valence-electron chi connectivity index (χ2n) is 4.21. The fourth-order valence-electron chi connectivity index (χ4n) is 2.19. The van der Waals surface area contributed by atoms with Crippen LogP contribution in [0.5, 0.6) is 0 Å². The van der Waals surface area contributed by atoms with Crippen molar-refractivity contribution in [3.05, 3.63) is 53.8 Å². The van der Waals surface area contributed by atoms with Gasteiger partial charge < -0.3 is 0 Å². The Morgan fingerprint density at radius 2 is 1.84 bits per heavy atom. The van der Waals surface area contributed by atoms with Gasteiger partial charge in [-0.25, -0.2) is 9.59 Å². The standard InChI is InChI=1S/C14H8N2O2S/c17-8-15-11-3-1-10(2-4-11)14-6-5-12(16-9-18)7-13(14)19-14/h1-7,13H. The van der Waals surface area contributed by atoms with Gasteiger partial charge in [-0.05, 0) is 29.8 Å². The number of nitrogens with zero attached hydrogens (tertiary/aromatic N) is 2. The van der Waals surface area contributed by atoms with Crippen LogP contribution in [0.1, 0.15) is 5.56 Å². The van der Waals surface area contributed by atoms with Crippen LogP contribution in [0.15, 0.2) is 58.2 Å². The van der Waals surface area contributed by atoms with Crippen molar-refractivity contribution in [2.24, 2.45) is 9.98 Å². The summed E-state index contributed by atoms with van der Waals surface area (Å²) in [5.41, 5.74) is 2.40. The van der Waals surface area contributed by atoms with Crippen molar-refractivity contribution in [3.8, 4) is 0 Å². The molecular formula is C14H8N2O2S. The van der Waals surface area contributed by atoms with E-state index in [1.807, 2.05) is 24.3 Å². The molecule has 0 radical (unpaired) electrons. The van der Waals surface area contributed by atoms with Crippen molar-refractivity contribution in [2.75, 3.05) is 0 Å². The summed E-state index contributed by atoms with van der Waals surface area (Å²) in [5.74, 6) is 0. The van der Waals surface area contributed by atoms with Gasteiger partial charge in [-0.2, -0.15) is 9.98 Å². The van der Waals surface area contributed by atoms with E-state index in [1.54, 1.807) is 30.0 Å². The molecule has 0 bridgehead atoms. The minimum Gasteiger partial charge on any atom is -0.211 e. The predicted octanol–water partition coefficient (Wildman–Crippen LogP) is 2.75. The summed E-state index contributed by atoms with van der Waals surface area (Å²) in [7, 11) is 0. The van der Waals surface area contributed by atoms with E-state index in [0.717, 1.165) is 5.56 Å². The second-order valence-corrected chi connectivity index (χ2v) is 5.63. The van der Waals surface area contributed by atoms with Crippen LogP contribution in [0, 0.1) is 0 Å². The Bertz CT molecular complexity index is 680. The molecule has 1 aliphatic carbocycles. The number of isocyanates is 2. The first kappa shape index (κ1) is 11.9. The molecule has 0 spiro atoms. The van der Waals surface area contributed by atoms with Gasteiger partial charge in [-0.3, -0.25) is 0 Å². The van der Waals surface area contributed by atoms with Gasteiger partial charge in [0.15, 0.2) is 0 Å². The Morgan fingerprint density at radius 1 is 1.11 bits per heavy atom. The van der Waals surface area contributed by atoms with Crippen LogP contribution in [-0.2, 0) is 14.3 Å². The van der Waals surface area contributed by atoms with Crippen LogP contribution in [0.25, 0.3) is 0 Å². The SMILES string of the molecule is O=C=NC1=CC2SC2(c2ccc(N=C=O)cc2)C=C1. The third-order valence-electron chi connectivity index (χ3n) is 3.18. The molecule has 19 heavy (non-hydrogen) atoms. The number of allylic oxidation sites excluding steroid dienone is 1. The van der Waals surface area contributed by atoms with E-state index >= 15 is 0 Å². The van der Waals surface area contributed by atoms with Crippen LogP contribution in [-0.4, -0.2) is 17.4 Å². The highest BCUT2D eigenvalue weighted by atomic mass is 32.2. The van der Waals surface area contributed by atoms with Crippen molar-refractivity contribution in [2.45, 2.75) is 10.00 Å². The topological polar surface area (TPSA) is 58.9 Å². The Kier molecular flexibility index (Phi) is 2.80.